The summed E-state index contributed by atoms with van der Waals surface area (Å²) in [6.45, 7) is 4.01. The molecule has 1 atom stereocenters. The van der Waals surface area contributed by atoms with Crippen LogP contribution in [0.2, 0.25) is 0 Å². The van der Waals surface area contributed by atoms with Gasteiger partial charge in [-0.25, -0.2) is 17.5 Å². The van der Waals surface area contributed by atoms with Crippen LogP contribution < -0.4 is 5.73 Å². The highest BCUT2D eigenvalue weighted by Crippen LogP contribution is 2.27. The number of carbonyl (C=O) groups is 2. The Balaban J connectivity index is 1.24. The molecule has 3 N–H and O–H groups in total. The van der Waals surface area contributed by atoms with Crippen LogP contribution in [-0.4, -0.2) is 79.4 Å². The molecule has 0 bridgehead atoms. The van der Waals surface area contributed by atoms with E-state index in [1.807, 2.05) is 24.3 Å². The van der Waals surface area contributed by atoms with Crippen molar-refractivity contribution >= 4 is 22.0 Å². The third-order valence-electron chi connectivity index (χ3n) is 8.62. The van der Waals surface area contributed by atoms with Gasteiger partial charge in [-0.05, 0) is 99.0 Å². The largest absolute Gasteiger partial charge is 0.465 e. The van der Waals surface area contributed by atoms with E-state index in [9.17, 15) is 23.1 Å². The number of hydrogen-bond acceptors (Lipinski definition) is 5. The Bertz CT molecular complexity index is 1440. The summed E-state index contributed by atoms with van der Waals surface area (Å²) in [5, 5.41) is 9.70. The van der Waals surface area contributed by atoms with Crippen molar-refractivity contribution in [1.82, 2.24) is 14.1 Å². The number of amides is 2. The van der Waals surface area contributed by atoms with Gasteiger partial charge >= 0.3 is 6.09 Å². The Labute approximate surface area is 261 Å². The third-order valence-corrected chi connectivity index (χ3v) is 10.5. The van der Waals surface area contributed by atoms with Gasteiger partial charge in [-0.1, -0.05) is 60.7 Å². The second-order valence-electron chi connectivity index (χ2n) is 11.7. The van der Waals surface area contributed by atoms with E-state index in [-0.39, 0.29) is 12.5 Å². The van der Waals surface area contributed by atoms with E-state index in [0.29, 0.717) is 29.5 Å². The van der Waals surface area contributed by atoms with Crippen molar-refractivity contribution in [3.8, 4) is 0 Å². The molecule has 44 heavy (non-hydrogen) atoms. The van der Waals surface area contributed by atoms with Gasteiger partial charge in [0.1, 0.15) is 0 Å². The fraction of sp³-hybridized carbons (Fsp3) is 0.412. The quantitative estimate of drug-likeness (QED) is 0.239. The van der Waals surface area contributed by atoms with E-state index in [4.69, 9.17) is 5.73 Å². The van der Waals surface area contributed by atoms with Crippen molar-refractivity contribution in [1.29, 1.82) is 0 Å². The Kier molecular flexibility index (Phi) is 11.9. The van der Waals surface area contributed by atoms with Gasteiger partial charge < -0.3 is 20.6 Å². The van der Waals surface area contributed by atoms with Gasteiger partial charge in [0.25, 0.3) is 0 Å². The Morgan fingerprint density at radius 3 is 2.16 bits per heavy atom. The van der Waals surface area contributed by atoms with Gasteiger partial charge in [-0.2, -0.15) is 0 Å². The number of hydrogen-bond donors (Lipinski definition) is 2. The highest BCUT2D eigenvalue weighted by molar-refractivity contribution is 7.89. The number of rotatable bonds is 15. The first kappa shape index (κ1) is 33.2. The number of primary amides is 1. The molecule has 1 aliphatic heterocycles. The van der Waals surface area contributed by atoms with Gasteiger partial charge in [0.15, 0.2) is 0 Å². The maximum Gasteiger partial charge on any atom is 0.407 e. The minimum atomic E-state index is -3.57. The summed E-state index contributed by atoms with van der Waals surface area (Å²) in [6, 6.07) is 25.5. The van der Waals surface area contributed by atoms with Crippen LogP contribution in [-0.2, 0) is 16.6 Å². The molecule has 1 saturated heterocycles. The summed E-state index contributed by atoms with van der Waals surface area (Å²) in [7, 11) is -1.91. The molecule has 1 heterocycles. The van der Waals surface area contributed by atoms with Gasteiger partial charge in [0, 0.05) is 32.2 Å². The SMILES string of the molecule is CN(C[C@@H](CCN1CCC(CCCN(Cc2ccc(C(N)=O)cc2)C(=O)O)CC1)c1ccccc1)S(=O)(=O)c1ccccc1. The normalized spacial score (nSPS) is 15.2. The first-order valence-corrected chi connectivity index (χ1v) is 16.7. The molecule has 9 nitrogen and oxygen atoms in total. The van der Waals surface area contributed by atoms with Crippen molar-refractivity contribution in [3.63, 3.8) is 0 Å². The van der Waals surface area contributed by atoms with Gasteiger partial charge in [0.2, 0.25) is 15.9 Å². The Morgan fingerprint density at radius 2 is 1.57 bits per heavy atom. The second-order valence-corrected chi connectivity index (χ2v) is 13.7. The van der Waals surface area contributed by atoms with Crippen molar-refractivity contribution in [3.05, 3.63) is 102 Å². The van der Waals surface area contributed by atoms with Crippen LogP contribution in [0.1, 0.15) is 59.5 Å². The van der Waals surface area contributed by atoms with Crippen molar-refractivity contribution in [2.45, 2.75) is 49.5 Å². The summed E-state index contributed by atoms with van der Waals surface area (Å²) in [5.74, 6) is 0.130. The minimum absolute atomic E-state index is 0.0754. The molecule has 2 amide bonds. The lowest BCUT2D eigenvalue weighted by Gasteiger charge is -2.33. The molecule has 1 aliphatic rings. The molecule has 0 saturated carbocycles. The molecule has 0 spiro atoms. The van der Waals surface area contributed by atoms with Crippen molar-refractivity contribution in [2.24, 2.45) is 11.7 Å². The molecule has 1 fully saturated rings. The van der Waals surface area contributed by atoms with Gasteiger partial charge in [0.05, 0.1) is 4.90 Å². The monoisotopic (exact) mass is 620 g/mol. The van der Waals surface area contributed by atoms with Gasteiger partial charge in [-0.15, -0.1) is 0 Å². The highest BCUT2D eigenvalue weighted by Gasteiger charge is 2.26. The number of carbonyl (C=O) groups excluding carboxylic acids is 1. The first-order valence-electron chi connectivity index (χ1n) is 15.3. The van der Waals surface area contributed by atoms with Crippen LogP contribution in [0, 0.1) is 5.92 Å². The molecule has 4 rings (SSSR count). The third kappa shape index (κ3) is 9.38. The summed E-state index contributed by atoms with van der Waals surface area (Å²) in [5.41, 5.74) is 7.66. The number of likely N-dealkylation sites (N-methyl/N-ethyl adjacent to an activating group) is 1. The standard InChI is InChI=1S/C34H44N4O5S/c1-36(44(42,43)32-12-6-3-7-13-32)26-31(29-10-4-2-5-11-29)20-24-37-22-18-27(19-23-37)9-8-21-38(34(40)41)25-28-14-16-30(17-15-28)33(35)39/h2-7,10-17,27,31H,8-9,18-26H2,1H3,(H2,35,39)(H,40,41)/t31-/m1/s1. The molecule has 0 aromatic heterocycles. The number of likely N-dealkylation sites (tertiary alicyclic amines) is 1. The molecule has 0 radical (unpaired) electrons. The van der Waals surface area contributed by atoms with Crippen LogP contribution >= 0.6 is 0 Å². The molecule has 236 valence electrons. The topological polar surface area (TPSA) is 124 Å². The fourth-order valence-electron chi connectivity index (χ4n) is 5.91. The average molecular weight is 621 g/mol. The lowest BCUT2D eigenvalue weighted by atomic mass is 9.91. The number of nitrogens with zero attached hydrogens (tertiary/aromatic N) is 3. The predicted octanol–water partition coefficient (Wildman–Crippen LogP) is 5.25. The van der Waals surface area contributed by atoms with Gasteiger partial charge in [-0.3, -0.25) is 4.79 Å². The zero-order valence-corrected chi connectivity index (χ0v) is 26.2. The van der Waals surface area contributed by atoms with E-state index in [1.165, 1.54) is 9.21 Å². The van der Waals surface area contributed by atoms with E-state index in [2.05, 4.69) is 17.0 Å². The smallest absolute Gasteiger partial charge is 0.407 e. The number of sulfonamides is 1. The van der Waals surface area contributed by atoms with Crippen LogP contribution in [0.15, 0.2) is 89.8 Å². The second kappa shape index (κ2) is 15.8. The molecule has 0 aliphatic carbocycles. The van der Waals surface area contributed by atoms with Crippen LogP contribution in [0.4, 0.5) is 4.79 Å². The summed E-state index contributed by atoms with van der Waals surface area (Å²) in [6.07, 6.45) is 3.83. The van der Waals surface area contributed by atoms with Crippen LogP contribution in [0.25, 0.3) is 0 Å². The van der Waals surface area contributed by atoms with E-state index in [1.54, 1.807) is 55.6 Å². The molecule has 3 aromatic rings. The predicted molar refractivity (Wildman–Crippen MR) is 172 cm³/mol. The minimum Gasteiger partial charge on any atom is -0.465 e. The summed E-state index contributed by atoms with van der Waals surface area (Å²) in [4.78, 5) is 27.3. The number of piperidine rings is 1. The lowest BCUT2D eigenvalue weighted by Crippen LogP contribution is -2.37. The maximum atomic E-state index is 13.2. The number of nitrogens with two attached hydrogens (primary N) is 1. The van der Waals surface area contributed by atoms with Crippen molar-refractivity contribution < 1.29 is 23.1 Å². The maximum absolute atomic E-state index is 13.2. The molecule has 0 unspecified atom stereocenters. The molecule has 10 heteroatoms. The average Bonchev–Trinajstić information content (AvgIpc) is 3.04. The molecular formula is C34H44N4O5S. The number of benzene rings is 3. The van der Waals surface area contributed by atoms with Crippen LogP contribution in [0.3, 0.4) is 0 Å². The zero-order valence-electron chi connectivity index (χ0n) is 25.4. The number of carboxylic acid groups (broad SMARTS) is 1. The van der Waals surface area contributed by atoms with E-state index < -0.39 is 22.0 Å². The molecular weight excluding hydrogens is 576 g/mol. The van der Waals surface area contributed by atoms with E-state index >= 15 is 0 Å². The van der Waals surface area contributed by atoms with Crippen LogP contribution in [0.5, 0.6) is 0 Å². The molecule has 3 aromatic carbocycles. The Morgan fingerprint density at radius 1 is 0.955 bits per heavy atom. The fourth-order valence-corrected chi connectivity index (χ4v) is 7.15. The van der Waals surface area contributed by atoms with E-state index in [0.717, 1.165) is 62.9 Å². The Hall–Kier alpha value is -3.73. The first-order chi connectivity index (χ1) is 21.1. The summed E-state index contributed by atoms with van der Waals surface area (Å²) >= 11 is 0. The van der Waals surface area contributed by atoms with Crippen molar-refractivity contribution in [2.75, 3.05) is 39.8 Å². The zero-order chi connectivity index (χ0) is 31.5. The lowest BCUT2D eigenvalue weighted by molar-refractivity contribution is 0.1000. The highest BCUT2D eigenvalue weighted by atomic mass is 32.2. The summed E-state index contributed by atoms with van der Waals surface area (Å²) < 4.78 is 27.9.